The van der Waals surface area contributed by atoms with Gasteiger partial charge in [-0.15, -0.1) is 0 Å². The zero-order chi connectivity index (χ0) is 16.5. The van der Waals surface area contributed by atoms with Crippen LogP contribution >= 0.6 is 0 Å². The van der Waals surface area contributed by atoms with Gasteiger partial charge in [0.25, 0.3) is 0 Å². The van der Waals surface area contributed by atoms with Crippen LogP contribution in [0.25, 0.3) is 11.3 Å². The van der Waals surface area contributed by atoms with Crippen molar-refractivity contribution in [1.29, 1.82) is 0 Å². The molecule has 0 radical (unpaired) electrons. The van der Waals surface area contributed by atoms with Crippen LogP contribution in [-0.2, 0) is 6.54 Å². The molecule has 4 rings (SSSR count). The van der Waals surface area contributed by atoms with E-state index in [-0.39, 0.29) is 0 Å². The van der Waals surface area contributed by atoms with Crippen LogP contribution in [0.4, 0.5) is 5.95 Å². The van der Waals surface area contributed by atoms with E-state index in [1.54, 1.807) is 4.68 Å². The van der Waals surface area contributed by atoms with Crippen LogP contribution in [0.1, 0.15) is 17.0 Å². The van der Waals surface area contributed by atoms with Crippen LogP contribution in [0.2, 0.25) is 0 Å². The van der Waals surface area contributed by atoms with E-state index in [1.165, 1.54) is 5.56 Å². The highest BCUT2D eigenvalue weighted by Gasteiger charge is 2.09. The Balaban J connectivity index is 1.57. The molecule has 0 atom stereocenters. The normalized spacial score (nSPS) is 11.1. The number of benzene rings is 1. The molecule has 0 fully saturated rings. The van der Waals surface area contributed by atoms with E-state index in [2.05, 4.69) is 43.2 Å². The monoisotopic (exact) mass is 319 g/mol. The number of pyridine rings is 1. The van der Waals surface area contributed by atoms with Gasteiger partial charge in [0.05, 0.1) is 17.9 Å². The van der Waals surface area contributed by atoms with Crippen molar-refractivity contribution in [3.05, 3.63) is 65.6 Å². The second-order valence-electron chi connectivity index (χ2n) is 5.73. The lowest BCUT2D eigenvalue weighted by Gasteiger charge is -2.06. The summed E-state index contributed by atoms with van der Waals surface area (Å²) in [5.41, 5.74) is 5.13. The SMILES string of the molecule is Cc1ccc(-n2nnnc2NCc2cn3c(C)cccc3n2)cc1. The van der Waals surface area contributed by atoms with Crippen molar-refractivity contribution in [2.75, 3.05) is 5.32 Å². The maximum atomic E-state index is 4.61. The number of fused-ring (bicyclic) bond motifs is 1. The molecule has 0 saturated heterocycles. The second kappa shape index (κ2) is 5.77. The number of aryl methyl sites for hydroxylation is 2. The Hall–Kier alpha value is -3.22. The molecule has 0 aliphatic carbocycles. The summed E-state index contributed by atoms with van der Waals surface area (Å²) in [6.07, 6.45) is 2.03. The molecule has 0 spiro atoms. The Bertz CT molecular complexity index is 982. The van der Waals surface area contributed by atoms with E-state index in [4.69, 9.17) is 0 Å². The number of anilines is 1. The van der Waals surface area contributed by atoms with Gasteiger partial charge in [0.2, 0.25) is 5.95 Å². The van der Waals surface area contributed by atoms with E-state index in [1.807, 2.05) is 49.5 Å². The molecule has 3 heterocycles. The molecule has 0 bridgehead atoms. The average Bonchev–Trinajstić information content (AvgIpc) is 3.20. The topological polar surface area (TPSA) is 72.9 Å². The van der Waals surface area contributed by atoms with Crippen LogP contribution in [0.5, 0.6) is 0 Å². The summed E-state index contributed by atoms with van der Waals surface area (Å²) in [6.45, 7) is 4.66. The van der Waals surface area contributed by atoms with Gasteiger partial charge < -0.3 is 9.72 Å². The molecule has 120 valence electrons. The van der Waals surface area contributed by atoms with Gasteiger partial charge in [-0.2, -0.15) is 4.68 Å². The zero-order valence-corrected chi connectivity index (χ0v) is 13.5. The highest BCUT2D eigenvalue weighted by Crippen LogP contribution is 2.14. The first-order chi connectivity index (χ1) is 11.7. The lowest BCUT2D eigenvalue weighted by Crippen LogP contribution is -2.07. The number of rotatable bonds is 4. The van der Waals surface area contributed by atoms with Crippen molar-refractivity contribution in [1.82, 2.24) is 29.6 Å². The summed E-state index contributed by atoms with van der Waals surface area (Å²) in [4.78, 5) is 4.61. The first-order valence-electron chi connectivity index (χ1n) is 7.73. The summed E-state index contributed by atoms with van der Waals surface area (Å²) in [5, 5.41) is 15.1. The Morgan fingerprint density at radius 2 is 1.88 bits per heavy atom. The van der Waals surface area contributed by atoms with Crippen molar-refractivity contribution >= 4 is 11.6 Å². The van der Waals surface area contributed by atoms with Crippen molar-refractivity contribution in [3.8, 4) is 5.69 Å². The van der Waals surface area contributed by atoms with Gasteiger partial charge >= 0.3 is 0 Å². The summed E-state index contributed by atoms with van der Waals surface area (Å²) in [7, 11) is 0. The third kappa shape index (κ3) is 2.60. The molecule has 7 heteroatoms. The molecule has 0 aliphatic heterocycles. The molecule has 1 N–H and O–H groups in total. The van der Waals surface area contributed by atoms with E-state index < -0.39 is 0 Å². The molecule has 0 aliphatic rings. The van der Waals surface area contributed by atoms with E-state index in [0.29, 0.717) is 12.5 Å². The fourth-order valence-electron chi connectivity index (χ4n) is 2.61. The number of aromatic nitrogens is 6. The van der Waals surface area contributed by atoms with Crippen LogP contribution in [-0.4, -0.2) is 29.6 Å². The molecule has 1 aromatic carbocycles. The minimum Gasteiger partial charge on any atom is -0.347 e. The van der Waals surface area contributed by atoms with Crippen LogP contribution in [0, 0.1) is 13.8 Å². The van der Waals surface area contributed by atoms with E-state index in [9.17, 15) is 0 Å². The van der Waals surface area contributed by atoms with Crippen molar-refractivity contribution in [2.45, 2.75) is 20.4 Å². The molecule has 4 aromatic rings. The van der Waals surface area contributed by atoms with Gasteiger partial charge in [-0.3, -0.25) is 0 Å². The highest BCUT2D eigenvalue weighted by atomic mass is 15.6. The van der Waals surface area contributed by atoms with Gasteiger partial charge in [0, 0.05) is 11.9 Å². The van der Waals surface area contributed by atoms with Gasteiger partial charge in [-0.1, -0.05) is 28.9 Å². The molecule has 7 nitrogen and oxygen atoms in total. The first-order valence-corrected chi connectivity index (χ1v) is 7.73. The number of nitrogens with zero attached hydrogens (tertiary/aromatic N) is 6. The second-order valence-corrected chi connectivity index (χ2v) is 5.73. The Kier molecular flexibility index (Phi) is 3.45. The number of hydrogen-bond acceptors (Lipinski definition) is 5. The number of tetrazole rings is 1. The summed E-state index contributed by atoms with van der Waals surface area (Å²) in [5.74, 6) is 0.590. The molecule has 24 heavy (non-hydrogen) atoms. The summed E-state index contributed by atoms with van der Waals surface area (Å²) < 4.78 is 3.75. The lowest BCUT2D eigenvalue weighted by molar-refractivity contribution is 0.788. The van der Waals surface area contributed by atoms with Crippen LogP contribution in [0.3, 0.4) is 0 Å². The standard InChI is InChI=1S/C17H17N7/c1-12-6-8-15(9-7-12)24-17(20-21-22-24)18-10-14-11-23-13(2)4-3-5-16(23)19-14/h3-9,11H,10H2,1-2H3,(H,18,20,22). The van der Waals surface area contributed by atoms with Crippen molar-refractivity contribution < 1.29 is 0 Å². The van der Waals surface area contributed by atoms with Gasteiger partial charge in [-0.05, 0) is 48.5 Å². The van der Waals surface area contributed by atoms with E-state index in [0.717, 1.165) is 22.7 Å². The largest absolute Gasteiger partial charge is 0.347 e. The maximum absolute atomic E-state index is 4.61. The van der Waals surface area contributed by atoms with Crippen molar-refractivity contribution in [2.24, 2.45) is 0 Å². The molecular weight excluding hydrogens is 302 g/mol. The number of hydrogen-bond donors (Lipinski definition) is 1. The maximum Gasteiger partial charge on any atom is 0.248 e. The average molecular weight is 319 g/mol. The first kappa shape index (κ1) is 14.4. The predicted molar refractivity (Wildman–Crippen MR) is 91.1 cm³/mol. The molecule has 0 unspecified atom stereocenters. The number of imidazole rings is 1. The molecule has 0 saturated carbocycles. The zero-order valence-electron chi connectivity index (χ0n) is 13.5. The Labute approximate surface area is 139 Å². The third-order valence-electron chi connectivity index (χ3n) is 3.92. The number of nitrogens with one attached hydrogen (secondary N) is 1. The summed E-state index contributed by atoms with van der Waals surface area (Å²) in [6, 6.07) is 14.1. The fourth-order valence-corrected chi connectivity index (χ4v) is 2.61. The van der Waals surface area contributed by atoms with Crippen LogP contribution < -0.4 is 5.32 Å². The molecular formula is C17H17N7. The van der Waals surface area contributed by atoms with Gasteiger partial charge in [-0.25, -0.2) is 4.98 Å². The smallest absolute Gasteiger partial charge is 0.248 e. The van der Waals surface area contributed by atoms with Gasteiger partial charge in [0.1, 0.15) is 5.65 Å². The predicted octanol–water partition coefficient (Wildman–Crippen LogP) is 2.54. The minimum absolute atomic E-state index is 0.549. The quantitative estimate of drug-likeness (QED) is 0.626. The molecule has 3 aromatic heterocycles. The van der Waals surface area contributed by atoms with Gasteiger partial charge in [0.15, 0.2) is 0 Å². The summed E-state index contributed by atoms with van der Waals surface area (Å²) >= 11 is 0. The fraction of sp³-hybridized carbons (Fsp3) is 0.176. The Morgan fingerprint density at radius 1 is 1.04 bits per heavy atom. The highest BCUT2D eigenvalue weighted by molar-refractivity contribution is 5.43. The van der Waals surface area contributed by atoms with E-state index >= 15 is 0 Å². The molecule has 0 amide bonds. The lowest BCUT2D eigenvalue weighted by atomic mass is 10.2. The van der Waals surface area contributed by atoms with Crippen LogP contribution in [0.15, 0.2) is 48.7 Å². The Morgan fingerprint density at radius 3 is 2.67 bits per heavy atom. The third-order valence-corrected chi connectivity index (χ3v) is 3.92. The van der Waals surface area contributed by atoms with Crippen molar-refractivity contribution in [3.63, 3.8) is 0 Å². The minimum atomic E-state index is 0.549.